The van der Waals surface area contributed by atoms with Crippen LogP contribution in [0.15, 0.2) is 18.2 Å². The Morgan fingerprint density at radius 1 is 1.53 bits per heavy atom. The molecule has 19 heavy (non-hydrogen) atoms. The number of ether oxygens (including phenoxy) is 2. The van der Waals surface area contributed by atoms with Crippen LogP contribution < -0.4 is 15.8 Å². The fraction of sp³-hybridized carbons (Fsp3) is 0.500. The zero-order chi connectivity index (χ0) is 13.8. The maximum Gasteiger partial charge on any atom is 0.121 e. The zero-order valence-electron chi connectivity index (χ0n) is 11.2. The second-order valence-electron chi connectivity index (χ2n) is 4.59. The molecule has 0 saturated heterocycles. The molecule has 1 fully saturated rings. The molecule has 0 heterocycles. The van der Waals surface area contributed by atoms with Gasteiger partial charge in [0.2, 0.25) is 0 Å². The van der Waals surface area contributed by atoms with Crippen molar-refractivity contribution in [1.82, 2.24) is 0 Å². The molecule has 2 rings (SSSR count). The molecule has 1 aromatic carbocycles. The minimum atomic E-state index is 0.0409. The highest BCUT2D eigenvalue weighted by Gasteiger charge is 2.39. The number of methoxy groups -OCH3 is 1. The first-order valence-corrected chi connectivity index (χ1v) is 6.41. The molecule has 0 aliphatic heterocycles. The fourth-order valence-electron chi connectivity index (χ4n) is 2.27. The molecule has 0 radical (unpaired) electrons. The van der Waals surface area contributed by atoms with Gasteiger partial charge in [0.15, 0.2) is 0 Å². The Bertz CT molecular complexity index is 482. The van der Waals surface area contributed by atoms with Crippen molar-refractivity contribution in [1.29, 1.82) is 5.26 Å². The topological polar surface area (TPSA) is 80.3 Å². The molecule has 0 aromatic heterocycles. The molecule has 5 heteroatoms. The van der Waals surface area contributed by atoms with E-state index in [0.29, 0.717) is 17.9 Å². The molecule has 3 unspecified atom stereocenters. The minimum Gasteiger partial charge on any atom is -0.497 e. The van der Waals surface area contributed by atoms with E-state index in [9.17, 15) is 0 Å². The maximum atomic E-state index is 9.13. The number of anilines is 1. The lowest BCUT2D eigenvalue weighted by Crippen LogP contribution is -2.60. The molecular formula is C14H19N3O2. The average molecular weight is 261 g/mol. The lowest BCUT2D eigenvalue weighted by molar-refractivity contribution is -0.0126. The van der Waals surface area contributed by atoms with Gasteiger partial charge in [0.25, 0.3) is 0 Å². The van der Waals surface area contributed by atoms with Crippen LogP contribution in [0.4, 0.5) is 5.69 Å². The third kappa shape index (κ3) is 2.80. The highest BCUT2D eigenvalue weighted by atomic mass is 16.5. The summed E-state index contributed by atoms with van der Waals surface area (Å²) in [5, 5.41) is 12.4. The molecule has 1 aliphatic rings. The van der Waals surface area contributed by atoms with E-state index in [1.807, 2.05) is 13.0 Å². The van der Waals surface area contributed by atoms with E-state index in [1.54, 1.807) is 19.2 Å². The Labute approximate surface area is 113 Å². The van der Waals surface area contributed by atoms with Crippen LogP contribution in [0.5, 0.6) is 5.75 Å². The van der Waals surface area contributed by atoms with Gasteiger partial charge in [-0.15, -0.1) is 0 Å². The molecule has 1 aliphatic carbocycles. The van der Waals surface area contributed by atoms with Crippen LogP contribution in [-0.4, -0.2) is 31.9 Å². The predicted octanol–water partition coefficient (Wildman–Crippen LogP) is 1.48. The zero-order valence-corrected chi connectivity index (χ0v) is 11.2. The van der Waals surface area contributed by atoms with Gasteiger partial charge in [0.05, 0.1) is 30.5 Å². The highest BCUT2D eigenvalue weighted by Crippen LogP contribution is 2.29. The lowest BCUT2D eigenvalue weighted by atomic mass is 9.83. The standard InChI is InChI=1S/C14H19N3O2/c1-3-19-13-7-11(16)14(13)17-12-6-10(18-2)5-4-9(12)8-15/h4-6,11,13-14,17H,3,7,16H2,1-2H3. The van der Waals surface area contributed by atoms with Gasteiger partial charge in [-0.2, -0.15) is 5.26 Å². The van der Waals surface area contributed by atoms with Crippen LogP contribution in [-0.2, 0) is 4.74 Å². The summed E-state index contributed by atoms with van der Waals surface area (Å²) in [6.45, 7) is 2.63. The maximum absolute atomic E-state index is 9.13. The number of hydrogen-bond donors (Lipinski definition) is 2. The Kier molecular flexibility index (Phi) is 4.25. The van der Waals surface area contributed by atoms with Crippen LogP contribution in [0.1, 0.15) is 18.9 Å². The van der Waals surface area contributed by atoms with Gasteiger partial charge in [-0.3, -0.25) is 0 Å². The largest absolute Gasteiger partial charge is 0.497 e. The molecule has 3 atom stereocenters. The number of hydrogen-bond acceptors (Lipinski definition) is 5. The number of nitrogens with two attached hydrogens (primary N) is 1. The third-order valence-corrected chi connectivity index (χ3v) is 3.42. The van der Waals surface area contributed by atoms with Crippen molar-refractivity contribution in [3.05, 3.63) is 23.8 Å². The first-order chi connectivity index (χ1) is 9.19. The molecular weight excluding hydrogens is 242 g/mol. The Morgan fingerprint density at radius 3 is 2.89 bits per heavy atom. The van der Waals surface area contributed by atoms with Gasteiger partial charge < -0.3 is 20.5 Å². The van der Waals surface area contributed by atoms with Crippen molar-refractivity contribution in [2.75, 3.05) is 19.0 Å². The summed E-state index contributed by atoms with van der Waals surface area (Å²) in [6, 6.07) is 7.57. The molecule has 0 spiro atoms. The van der Waals surface area contributed by atoms with Gasteiger partial charge in [0, 0.05) is 18.7 Å². The third-order valence-electron chi connectivity index (χ3n) is 3.42. The average Bonchev–Trinajstić information content (AvgIpc) is 2.44. The van der Waals surface area contributed by atoms with E-state index in [2.05, 4.69) is 11.4 Å². The number of nitrogens with one attached hydrogen (secondary N) is 1. The molecule has 1 aromatic rings. The van der Waals surface area contributed by atoms with Crippen molar-refractivity contribution in [2.45, 2.75) is 31.5 Å². The Balaban J connectivity index is 2.15. The fourth-order valence-corrected chi connectivity index (χ4v) is 2.27. The van der Waals surface area contributed by atoms with Crippen LogP contribution >= 0.6 is 0 Å². The summed E-state index contributed by atoms with van der Waals surface area (Å²) < 4.78 is 10.8. The molecule has 0 bridgehead atoms. The number of benzene rings is 1. The van der Waals surface area contributed by atoms with E-state index in [0.717, 1.165) is 12.1 Å². The van der Waals surface area contributed by atoms with E-state index in [1.165, 1.54) is 0 Å². The number of nitriles is 1. The molecule has 102 valence electrons. The van der Waals surface area contributed by atoms with Crippen LogP contribution in [0.25, 0.3) is 0 Å². The van der Waals surface area contributed by atoms with Gasteiger partial charge in [0.1, 0.15) is 11.8 Å². The lowest BCUT2D eigenvalue weighted by Gasteiger charge is -2.43. The van der Waals surface area contributed by atoms with E-state index in [-0.39, 0.29) is 18.2 Å². The van der Waals surface area contributed by atoms with Crippen LogP contribution in [0.2, 0.25) is 0 Å². The summed E-state index contributed by atoms with van der Waals surface area (Å²) in [4.78, 5) is 0. The summed E-state index contributed by atoms with van der Waals surface area (Å²) in [6.07, 6.45) is 0.954. The Morgan fingerprint density at radius 2 is 2.32 bits per heavy atom. The van der Waals surface area contributed by atoms with Crippen molar-refractivity contribution in [3.63, 3.8) is 0 Å². The Hall–Kier alpha value is -1.77. The van der Waals surface area contributed by atoms with E-state index < -0.39 is 0 Å². The second-order valence-corrected chi connectivity index (χ2v) is 4.59. The van der Waals surface area contributed by atoms with Crippen LogP contribution in [0, 0.1) is 11.3 Å². The first kappa shape index (κ1) is 13.7. The predicted molar refractivity (Wildman–Crippen MR) is 73.1 cm³/mol. The van der Waals surface area contributed by atoms with Crippen molar-refractivity contribution < 1.29 is 9.47 Å². The number of rotatable bonds is 5. The van der Waals surface area contributed by atoms with E-state index >= 15 is 0 Å². The van der Waals surface area contributed by atoms with Crippen LogP contribution in [0.3, 0.4) is 0 Å². The summed E-state index contributed by atoms with van der Waals surface area (Å²) in [5.41, 5.74) is 7.32. The monoisotopic (exact) mass is 261 g/mol. The van der Waals surface area contributed by atoms with Gasteiger partial charge in [-0.25, -0.2) is 0 Å². The first-order valence-electron chi connectivity index (χ1n) is 6.41. The molecule has 5 nitrogen and oxygen atoms in total. The summed E-state index contributed by atoms with van der Waals surface area (Å²) in [5.74, 6) is 0.711. The summed E-state index contributed by atoms with van der Waals surface area (Å²) >= 11 is 0. The highest BCUT2D eigenvalue weighted by molar-refractivity contribution is 5.61. The quantitative estimate of drug-likeness (QED) is 0.839. The van der Waals surface area contributed by atoms with Gasteiger partial charge in [-0.05, 0) is 25.5 Å². The van der Waals surface area contributed by atoms with Crippen molar-refractivity contribution >= 4 is 5.69 Å². The van der Waals surface area contributed by atoms with Gasteiger partial charge in [-0.1, -0.05) is 0 Å². The summed E-state index contributed by atoms with van der Waals surface area (Å²) in [7, 11) is 1.60. The number of nitrogens with zero attached hydrogens (tertiary/aromatic N) is 1. The SMILES string of the molecule is CCOC1CC(N)C1Nc1cc(OC)ccc1C#N. The van der Waals surface area contributed by atoms with E-state index in [4.69, 9.17) is 20.5 Å². The second kappa shape index (κ2) is 5.91. The molecule has 3 N–H and O–H groups in total. The molecule has 0 amide bonds. The van der Waals surface area contributed by atoms with Crippen molar-refractivity contribution in [2.24, 2.45) is 5.73 Å². The minimum absolute atomic E-state index is 0.0409. The smallest absolute Gasteiger partial charge is 0.121 e. The van der Waals surface area contributed by atoms with Gasteiger partial charge >= 0.3 is 0 Å². The molecule has 1 saturated carbocycles. The van der Waals surface area contributed by atoms with Crippen molar-refractivity contribution in [3.8, 4) is 11.8 Å². The normalized spacial score (nSPS) is 25.3.